The number of hydrogen-bond acceptors (Lipinski definition) is 2. The maximum atomic E-state index is 13.5. The number of nitrogens with zero attached hydrogens (tertiary/aromatic N) is 1. The highest BCUT2D eigenvalue weighted by atomic mass is 19.1. The van der Waals surface area contributed by atoms with Crippen LogP contribution in [0.4, 0.5) is 8.78 Å². The Morgan fingerprint density at radius 1 is 1.40 bits per heavy atom. The molecule has 1 aliphatic rings. The number of halogens is 2. The Bertz CT molecular complexity index is 466. The first-order valence-electron chi connectivity index (χ1n) is 4.52. The molecule has 2 nitrogen and oxygen atoms in total. The summed E-state index contributed by atoms with van der Waals surface area (Å²) in [6.45, 7) is 3.06. The SMILES string of the molecule is Cc1cc(F)c(C2(C)OC2C#N)cc1F. The van der Waals surface area contributed by atoms with Gasteiger partial charge in [-0.2, -0.15) is 5.26 Å². The average molecular weight is 209 g/mol. The van der Waals surface area contributed by atoms with E-state index in [0.717, 1.165) is 12.1 Å². The first-order chi connectivity index (χ1) is 6.99. The minimum absolute atomic E-state index is 0.108. The number of hydrogen-bond donors (Lipinski definition) is 0. The summed E-state index contributed by atoms with van der Waals surface area (Å²) in [5.74, 6) is -1.02. The van der Waals surface area contributed by atoms with Crippen molar-refractivity contribution in [3.63, 3.8) is 0 Å². The molecule has 0 aliphatic carbocycles. The van der Waals surface area contributed by atoms with Gasteiger partial charge in [0.15, 0.2) is 6.10 Å². The van der Waals surface area contributed by atoms with Gasteiger partial charge in [-0.05, 0) is 31.5 Å². The summed E-state index contributed by atoms with van der Waals surface area (Å²) in [5, 5.41) is 8.63. The van der Waals surface area contributed by atoms with Gasteiger partial charge in [-0.25, -0.2) is 8.78 Å². The fourth-order valence-corrected chi connectivity index (χ4v) is 1.59. The van der Waals surface area contributed by atoms with Crippen LogP contribution in [0.1, 0.15) is 18.1 Å². The number of ether oxygens (including phenoxy) is 1. The molecule has 78 valence electrons. The molecule has 0 radical (unpaired) electrons. The summed E-state index contributed by atoms with van der Waals surface area (Å²) in [5.41, 5.74) is -0.640. The standard InChI is InChI=1S/C11H9F2NO/c1-6-3-9(13)7(4-8(6)12)11(2)10(5-14)15-11/h3-4,10H,1-2H3. The summed E-state index contributed by atoms with van der Waals surface area (Å²) in [6.07, 6.45) is -0.686. The monoisotopic (exact) mass is 209 g/mol. The van der Waals surface area contributed by atoms with Crippen molar-refractivity contribution in [2.24, 2.45) is 0 Å². The summed E-state index contributed by atoms with van der Waals surface area (Å²) < 4.78 is 31.8. The van der Waals surface area contributed by atoms with Crippen LogP contribution in [0.25, 0.3) is 0 Å². The van der Waals surface area contributed by atoms with E-state index >= 15 is 0 Å². The Hall–Kier alpha value is -1.47. The first-order valence-corrected chi connectivity index (χ1v) is 4.52. The van der Waals surface area contributed by atoms with E-state index in [1.807, 2.05) is 6.07 Å². The highest BCUT2D eigenvalue weighted by Crippen LogP contribution is 2.46. The van der Waals surface area contributed by atoms with E-state index in [9.17, 15) is 8.78 Å². The molecular formula is C11H9F2NO. The third-order valence-corrected chi connectivity index (χ3v) is 2.71. The van der Waals surface area contributed by atoms with E-state index in [2.05, 4.69) is 0 Å². The molecule has 0 aromatic heterocycles. The molecule has 0 saturated carbocycles. The summed E-state index contributed by atoms with van der Waals surface area (Å²) >= 11 is 0. The van der Waals surface area contributed by atoms with Crippen molar-refractivity contribution in [3.05, 3.63) is 34.9 Å². The smallest absolute Gasteiger partial charge is 0.178 e. The molecule has 1 fully saturated rings. The molecule has 4 heteroatoms. The van der Waals surface area contributed by atoms with Crippen LogP contribution in [0.5, 0.6) is 0 Å². The van der Waals surface area contributed by atoms with E-state index in [4.69, 9.17) is 10.00 Å². The van der Waals surface area contributed by atoms with Crippen molar-refractivity contribution in [1.82, 2.24) is 0 Å². The van der Waals surface area contributed by atoms with E-state index in [1.165, 1.54) is 6.92 Å². The van der Waals surface area contributed by atoms with Gasteiger partial charge in [0.2, 0.25) is 0 Å². The van der Waals surface area contributed by atoms with Crippen LogP contribution in [-0.4, -0.2) is 6.10 Å². The molecule has 0 bridgehead atoms. The lowest BCUT2D eigenvalue weighted by atomic mass is 9.96. The minimum atomic E-state index is -0.993. The van der Waals surface area contributed by atoms with Gasteiger partial charge in [-0.15, -0.1) is 0 Å². The van der Waals surface area contributed by atoms with Crippen LogP contribution in [0, 0.1) is 29.9 Å². The number of rotatable bonds is 1. The van der Waals surface area contributed by atoms with Gasteiger partial charge in [-0.3, -0.25) is 0 Å². The number of epoxide rings is 1. The molecule has 0 amide bonds. The van der Waals surface area contributed by atoms with Crippen molar-refractivity contribution in [3.8, 4) is 6.07 Å². The Balaban J connectivity index is 2.48. The van der Waals surface area contributed by atoms with Gasteiger partial charge in [0.25, 0.3) is 0 Å². The molecule has 1 aliphatic heterocycles. The van der Waals surface area contributed by atoms with Crippen molar-refractivity contribution >= 4 is 0 Å². The fraction of sp³-hybridized carbons (Fsp3) is 0.364. The number of aryl methyl sites for hydroxylation is 1. The second-order valence-corrected chi connectivity index (χ2v) is 3.82. The zero-order valence-corrected chi connectivity index (χ0v) is 8.34. The molecule has 1 saturated heterocycles. The zero-order chi connectivity index (χ0) is 11.2. The molecule has 15 heavy (non-hydrogen) atoms. The van der Waals surface area contributed by atoms with E-state index < -0.39 is 23.3 Å². The Labute approximate surface area is 86.1 Å². The van der Waals surface area contributed by atoms with Crippen LogP contribution in [-0.2, 0) is 10.3 Å². The molecule has 1 heterocycles. The number of benzene rings is 1. The predicted molar refractivity (Wildman–Crippen MR) is 48.9 cm³/mol. The largest absolute Gasteiger partial charge is 0.345 e. The van der Waals surface area contributed by atoms with Crippen LogP contribution < -0.4 is 0 Å². The number of nitriles is 1. The fourth-order valence-electron chi connectivity index (χ4n) is 1.59. The summed E-state index contributed by atoms with van der Waals surface area (Å²) in [4.78, 5) is 0. The van der Waals surface area contributed by atoms with Crippen LogP contribution in [0.2, 0.25) is 0 Å². The van der Waals surface area contributed by atoms with Crippen LogP contribution in [0.3, 0.4) is 0 Å². The van der Waals surface area contributed by atoms with Gasteiger partial charge in [0.1, 0.15) is 17.2 Å². The third-order valence-electron chi connectivity index (χ3n) is 2.71. The second kappa shape index (κ2) is 3.01. The van der Waals surface area contributed by atoms with Gasteiger partial charge in [0.05, 0.1) is 6.07 Å². The van der Waals surface area contributed by atoms with E-state index in [0.29, 0.717) is 0 Å². The molecule has 1 aromatic carbocycles. The summed E-state index contributed by atoms with van der Waals surface area (Å²) in [7, 11) is 0. The maximum Gasteiger partial charge on any atom is 0.178 e. The van der Waals surface area contributed by atoms with E-state index in [1.54, 1.807) is 6.92 Å². The minimum Gasteiger partial charge on any atom is -0.345 e. The van der Waals surface area contributed by atoms with Crippen LogP contribution in [0.15, 0.2) is 12.1 Å². The van der Waals surface area contributed by atoms with Crippen molar-refractivity contribution in [2.45, 2.75) is 25.6 Å². The second-order valence-electron chi connectivity index (χ2n) is 3.82. The molecule has 0 N–H and O–H groups in total. The normalized spacial score (nSPS) is 28.6. The van der Waals surface area contributed by atoms with Crippen LogP contribution >= 0.6 is 0 Å². The van der Waals surface area contributed by atoms with Crippen molar-refractivity contribution < 1.29 is 13.5 Å². The van der Waals surface area contributed by atoms with Gasteiger partial charge < -0.3 is 4.74 Å². The first kappa shape index (κ1) is 10.1. The Kier molecular flexibility index (Phi) is 2.02. The van der Waals surface area contributed by atoms with Gasteiger partial charge in [-0.1, -0.05) is 0 Å². The summed E-state index contributed by atoms with van der Waals surface area (Å²) in [6, 6.07) is 4.09. The predicted octanol–water partition coefficient (Wildman–Crippen LogP) is 2.41. The Morgan fingerprint density at radius 2 is 2.07 bits per heavy atom. The quantitative estimate of drug-likeness (QED) is 0.666. The highest BCUT2D eigenvalue weighted by molar-refractivity contribution is 5.35. The van der Waals surface area contributed by atoms with Gasteiger partial charge in [0, 0.05) is 5.56 Å². The topological polar surface area (TPSA) is 36.3 Å². The highest BCUT2D eigenvalue weighted by Gasteiger charge is 2.55. The van der Waals surface area contributed by atoms with Crippen molar-refractivity contribution in [1.29, 1.82) is 5.26 Å². The lowest BCUT2D eigenvalue weighted by Gasteiger charge is -2.08. The Morgan fingerprint density at radius 3 is 2.60 bits per heavy atom. The molecule has 0 spiro atoms. The molecule has 2 unspecified atom stereocenters. The molecule has 2 rings (SSSR count). The lowest BCUT2D eigenvalue weighted by molar-refractivity contribution is 0.313. The zero-order valence-electron chi connectivity index (χ0n) is 8.34. The lowest BCUT2D eigenvalue weighted by Crippen LogP contribution is -2.10. The molecular weight excluding hydrogens is 200 g/mol. The maximum absolute atomic E-state index is 13.5. The third kappa shape index (κ3) is 1.40. The molecule has 1 aromatic rings. The molecule has 2 atom stereocenters. The van der Waals surface area contributed by atoms with Crippen molar-refractivity contribution in [2.75, 3.05) is 0 Å². The average Bonchev–Trinajstić information content (AvgIpc) is 2.84. The van der Waals surface area contributed by atoms with E-state index in [-0.39, 0.29) is 11.1 Å². The van der Waals surface area contributed by atoms with Gasteiger partial charge >= 0.3 is 0 Å².